The van der Waals surface area contributed by atoms with Gasteiger partial charge in [-0.2, -0.15) is 0 Å². The van der Waals surface area contributed by atoms with Crippen LogP contribution in [0.2, 0.25) is 0 Å². The van der Waals surface area contributed by atoms with Crippen molar-refractivity contribution >= 4 is 0 Å². The van der Waals surface area contributed by atoms with Gasteiger partial charge in [-0.25, -0.2) is 0 Å². The fourth-order valence-corrected chi connectivity index (χ4v) is 3.73. The van der Waals surface area contributed by atoms with E-state index in [1.807, 2.05) is 0 Å². The summed E-state index contributed by atoms with van der Waals surface area (Å²) < 4.78 is 5.56. The smallest absolute Gasteiger partial charge is 0.0500 e. The number of hydrogen-bond acceptors (Lipinski definition) is 1. The first kappa shape index (κ1) is 20.7. The Morgan fingerprint density at radius 3 is 2.09 bits per heavy atom. The Labute approximate surface area is 146 Å². The lowest BCUT2D eigenvalue weighted by atomic mass is 9.92. The van der Waals surface area contributed by atoms with Crippen molar-refractivity contribution in [3.63, 3.8) is 0 Å². The molecule has 0 aromatic heterocycles. The standard InChI is InChI=1S/C22H42O/c1-3-5-6-7-8-9-10-11-12-13-14-15-17-21(16-4-2)22-18-19-23-20-22/h15,17,21-22H,3-14,16,18-20H2,1-2H3/b17-15+/t21-,22?/m1/s1/i19+1,20+1. The Morgan fingerprint density at radius 1 is 0.870 bits per heavy atom. The molecule has 0 radical (unpaired) electrons. The van der Waals surface area contributed by atoms with Gasteiger partial charge < -0.3 is 4.74 Å². The van der Waals surface area contributed by atoms with Gasteiger partial charge in [0.1, 0.15) is 0 Å². The molecule has 23 heavy (non-hydrogen) atoms. The van der Waals surface area contributed by atoms with Crippen LogP contribution in [0.4, 0.5) is 0 Å². The fraction of sp³-hybridized carbons (Fsp3) is 0.909. The van der Waals surface area contributed by atoms with E-state index in [2.05, 4.69) is 26.0 Å². The molecule has 0 N–H and O–H groups in total. The highest BCUT2D eigenvalue weighted by Gasteiger charge is 2.22. The van der Waals surface area contributed by atoms with Crippen molar-refractivity contribution in [2.75, 3.05) is 13.2 Å². The molecule has 1 aliphatic heterocycles. The number of rotatable bonds is 15. The monoisotopic (exact) mass is 324 g/mol. The van der Waals surface area contributed by atoms with E-state index < -0.39 is 0 Å². The summed E-state index contributed by atoms with van der Waals surface area (Å²) in [6.07, 6.45) is 24.5. The normalized spacial score (nSPS) is 19.7. The Bertz CT molecular complexity index is 265. The van der Waals surface area contributed by atoms with Crippen molar-refractivity contribution in [1.29, 1.82) is 0 Å². The van der Waals surface area contributed by atoms with Crippen LogP contribution in [0.5, 0.6) is 0 Å². The molecular formula is C22H42O. The Balaban J connectivity index is 1.94. The summed E-state index contributed by atoms with van der Waals surface area (Å²) in [6.45, 7) is 6.57. The van der Waals surface area contributed by atoms with Crippen LogP contribution in [-0.2, 0) is 4.74 Å². The summed E-state index contributed by atoms with van der Waals surface area (Å²) in [7, 11) is 0. The summed E-state index contributed by atoms with van der Waals surface area (Å²) in [5, 5.41) is 0. The number of ether oxygens (including phenoxy) is 1. The highest BCUT2D eigenvalue weighted by Crippen LogP contribution is 2.27. The molecule has 1 heterocycles. The van der Waals surface area contributed by atoms with E-state index in [0.717, 1.165) is 25.0 Å². The second kappa shape index (κ2) is 15.2. The molecule has 0 aromatic carbocycles. The lowest BCUT2D eigenvalue weighted by molar-refractivity contribution is 0.176. The largest absolute Gasteiger partial charge is 0.381 e. The molecule has 1 heteroatoms. The van der Waals surface area contributed by atoms with E-state index in [0.29, 0.717) is 0 Å². The third-order valence-electron chi connectivity index (χ3n) is 5.30. The van der Waals surface area contributed by atoms with Crippen molar-refractivity contribution in [3.8, 4) is 0 Å². The first-order valence-corrected chi connectivity index (χ1v) is 10.6. The van der Waals surface area contributed by atoms with Crippen LogP contribution in [-0.4, -0.2) is 13.2 Å². The van der Waals surface area contributed by atoms with Gasteiger partial charge in [0, 0.05) is 6.61 Å². The van der Waals surface area contributed by atoms with Gasteiger partial charge in [-0.1, -0.05) is 90.2 Å². The molecule has 1 nitrogen and oxygen atoms in total. The van der Waals surface area contributed by atoms with Crippen molar-refractivity contribution in [2.24, 2.45) is 11.8 Å². The van der Waals surface area contributed by atoms with E-state index in [1.165, 1.54) is 89.9 Å². The van der Waals surface area contributed by atoms with E-state index in [4.69, 9.17) is 4.74 Å². The maximum atomic E-state index is 5.56. The molecule has 0 spiro atoms. The summed E-state index contributed by atoms with van der Waals surface area (Å²) in [5.41, 5.74) is 0. The SMILES string of the molecule is CCCCCCCCCCCC/C=C/[C@@H](CCC)C1C[13CH2]O[13CH2]1. The Morgan fingerprint density at radius 2 is 1.52 bits per heavy atom. The van der Waals surface area contributed by atoms with Gasteiger partial charge in [0.05, 0.1) is 6.61 Å². The maximum absolute atomic E-state index is 5.56. The molecule has 1 aliphatic rings. The number of allylic oxidation sites excluding steroid dienone is 2. The van der Waals surface area contributed by atoms with Crippen molar-refractivity contribution in [2.45, 2.75) is 104 Å². The minimum atomic E-state index is 0.769. The van der Waals surface area contributed by atoms with Gasteiger partial charge in [0.15, 0.2) is 0 Å². The van der Waals surface area contributed by atoms with Crippen LogP contribution in [0.25, 0.3) is 0 Å². The van der Waals surface area contributed by atoms with Crippen LogP contribution < -0.4 is 0 Å². The fourth-order valence-electron chi connectivity index (χ4n) is 3.73. The summed E-state index contributed by atoms with van der Waals surface area (Å²) in [5.74, 6) is 1.56. The summed E-state index contributed by atoms with van der Waals surface area (Å²) >= 11 is 0. The maximum Gasteiger partial charge on any atom is 0.0500 e. The van der Waals surface area contributed by atoms with E-state index in [1.54, 1.807) is 0 Å². The van der Waals surface area contributed by atoms with Crippen LogP contribution in [0.1, 0.15) is 104 Å². The highest BCUT2D eigenvalue weighted by atomic mass is 16.6. The first-order chi connectivity index (χ1) is 11.4. The molecule has 0 aliphatic carbocycles. The molecule has 1 fully saturated rings. The van der Waals surface area contributed by atoms with Gasteiger partial charge in [-0.15, -0.1) is 0 Å². The number of hydrogen-bond donors (Lipinski definition) is 0. The predicted molar refractivity (Wildman–Crippen MR) is 103 cm³/mol. The lowest BCUT2D eigenvalue weighted by Crippen LogP contribution is -2.12. The molecule has 1 saturated heterocycles. The molecule has 1 unspecified atom stereocenters. The third kappa shape index (κ3) is 11.0. The van der Waals surface area contributed by atoms with Crippen LogP contribution in [0.15, 0.2) is 12.2 Å². The zero-order valence-corrected chi connectivity index (χ0v) is 16.0. The average molecular weight is 325 g/mol. The zero-order valence-electron chi connectivity index (χ0n) is 16.0. The molecule has 0 bridgehead atoms. The van der Waals surface area contributed by atoms with E-state index in [-0.39, 0.29) is 0 Å². The van der Waals surface area contributed by atoms with Crippen molar-refractivity contribution in [3.05, 3.63) is 12.2 Å². The Kier molecular flexibility index (Phi) is 13.7. The predicted octanol–water partition coefficient (Wildman–Crippen LogP) is 7.31. The highest BCUT2D eigenvalue weighted by molar-refractivity contribution is 4.92. The number of unbranched alkanes of at least 4 members (excludes halogenated alkanes) is 10. The van der Waals surface area contributed by atoms with Crippen molar-refractivity contribution < 1.29 is 4.74 Å². The minimum absolute atomic E-state index is 0.769. The van der Waals surface area contributed by atoms with Gasteiger partial charge in [-0.3, -0.25) is 0 Å². The minimum Gasteiger partial charge on any atom is -0.381 e. The summed E-state index contributed by atoms with van der Waals surface area (Å²) in [4.78, 5) is 0. The van der Waals surface area contributed by atoms with Crippen LogP contribution >= 0.6 is 0 Å². The van der Waals surface area contributed by atoms with Crippen molar-refractivity contribution in [1.82, 2.24) is 0 Å². The molecule has 0 saturated carbocycles. The van der Waals surface area contributed by atoms with Gasteiger partial charge in [-0.05, 0) is 37.5 Å². The first-order valence-electron chi connectivity index (χ1n) is 10.6. The molecule has 136 valence electrons. The molecular weight excluding hydrogens is 282 g/mol. The van der Waals surface area contributed by atoms with Crippen LogP contribution in [0, 0.1) is 11.8 Å². The van der Waals surface area contributed by atoms with E-state index in [9.17, 15) is 0 Å². The van der Waals surface area contributed by atoms with Gasteiger partial charge >= 0.3 is 0 Å². The molecule has 0 amide bonds. The summed E-state index contributed by atoms with van der Waals surface area (Å²) in [6, 6.07) is 0. The average Bonchev–Trinajstić information content (AvgIpc) is 3.09. The van der Waals surface area contributed by atoms with E-state index >= 15 is 0 Å². The molecule has 1 rings (SSSR count). The van der Waals surface area contributed by atoms with Gasteiger partial charge in [0.2, 0.25) is 0 Å². The van der Waals surface area contributed by atoms with Gasteiger partial charge in [0.25, 0.3) is 0 Å². The second-order valence-corrected chi connectivity index (χ2v) is 7.48. The Hall–Kier alpha value is -0.300. The quantitative estimate of drug-likeness (QED) is 0.174. The molecule has 2 atom stereocenters. The topological polar surface area (TPSA) is 9.23 Å². The lowest BCUT2D eigenvalue weighted by Gasteiger charge is -2.17. The third-order valence-corrected chi connectivity index (χ3v) is 5.30. The molecule has 0 aromatic rings. The van der Waals surface area contributed by atoms with Crippen LogP contribution in [0.3, 0.4) is 0 Å². The zero-order chi connectivity index (χ0) is 16.6. The second-order valence-electron chi connectivity index (χ2n) is 7.48.